The zero-order chi connectivity index (χ0) is 10.3. The summed E-state index contributed by atoms with van der Waals surface area (Å²) in [5.41, 5.74) is 7.03. The van der Waals surface area contributed by atoms with Crippen LogP contribution in [0.25, 0.3) is 11.0 Å². The van der Waals surface area contributed by atoms with Crippen LogP contribution in [0.4, 0.5) is 4.39 Å². The van der Waals surface area contributed by atoms with E-state index in [1.54, 1.807) is 6.07 Å². The summed E-state index contributed by atoms with van der Waals surface area (Å²) in [6.07, 6.45) is 0. The summed E-state index contributed by atoms with van der Waals surface area (Å²) in [4.78, 5) is 7.20. The molecule has 2 rings (SSSR count). The van der Waals surface area contributed by atoms with Gasteiger partial charge in [-0.2, -0.15) is 0 Å². The van der Waals surface area contributed by atoms with Crippen LogP contribution in [-0.2, 0) is 0 Å². The second-order valence-electron chi connectivity index (χ2n) is 3.19. The van der Waals surface area contributed by atoms with Gasteiger partial charge in [-0.3, -0.25) is 0 Å². The van der Waals surface area contributed by atoms with Crippen molar-refractivity contribution in [2.24, 2.45) is 5.73 Å². The number of imidazole rings is 1. The van der Waals surface area contributed by atoms with E-state index in [1.165, 1.54) is 6.07 Å². The van der Waals surface area contributed by atoms with Gasteiger partial charge in [0.15, 0.2) is 0 Å². The minimum absolute atomic E-state index is 0.177. The van der Waals surface area contributed by atoms with E-state index in [9.17, 15) is 4.39 Å². The van der Waals surface area contributed by atoms with E-state index in [2.05, 4.69) is 25.9 Å². The summed E-state index contributed by atoms with van der Waals surface area (Å²) < 4.78 is 13.5. The lowest BCUT2D eigenvalue weighted by molar-refractivity contribution is 0.623. The highest BCUT2D eigenvalue weighted by Crippen LogP contribution is 2.22. The quantitative estimate of drug-likeness (QED) is 0.825. The molecule has 1 aromatic carbocycles. The first-order valence-corrected chi connectivity index (χ1v) is 4.97. The van der Waals surface area contributed by atoms with E-state index in [-0.39, 0.29) is 11.9 Å². The average Bonchev–Trinajstić information content (AvgIpc) is 2.48. The molecule has 0 saturated heterocycles. The topological polar surface area (TPSA) is 54.7 Å². The Morgan fingerprint density at radius 3 is 2.93 bits per heavy atom. The summed E-state index contributed by atoms with van der Waals surface area (Å²) in [6, 6.07) is 2.86. The number of nitrogens with one attached hydrogen (secondary N) is 1. The molecule has 1 atom stereocenters. The van der Waals surface area contributed by atoms with E-state index >= 15 is 0 Å². The third-order valence-corrected chi connectivity index (χ3v) is 2.58. The maximum atomic E-state index is 13.1. The number of benzene rings is 1. The fourth-order valence-electron chi connectivity index (χ4n) is 1.24. The number of rotatable bonds is 1. The Bertz CT molecular complexity index is 439. The number of aromatic nitrogens is 2. The molecule has 1 unspecified atom stereocenters. The zero-order valence-corrected chi connectivity index (χ0v) is 9.10. The van der Waals surface area contributed by atoms with E-state index in [4.69, 9.17) is 5.73 Å². The van der Waals surface area contributed by atoms with Crippen LogP contribution in [-0.4, -0.2) is 9.97 Å². The van der Waals surface area contributed by atoms with Crippen LogP contribution >= 0.6 is 15.9 Å². The predicted octanol–water partition coefficient (Wildman–Crippen LogP) is 2.48. The molecule has 3 nitrogen and oxygen atoms in total. The molecule has 0 amide bonds. The van der Waals surface area contributed by atoms with Crippen LogP contribution < -0.4 is 5.73 Å². The molecular formula is C9H9BrFN3. The van der Waals surface area contributed by atoms with Crippen LogP contribution in [0.3, 0.4) is 0 Å². The SMILES string of the molecule is CC(N)c1nc2cc(Br)c(F)cc2[nH]1. The molecule has 0 saturated carbocycles. The van der Waals surface area contributed by atoms with E-state index in [0.717, 1.165) is 0 Å². The van der Waals surface area contributed by atoms with Gasteiger partial charge < -0.3 is 10.7 Å². The predicted molar refractivity (Wildman–Crippen MR) is 56.4 cm³/mol. The molecule has 0 fully saturated rings. The molecule has 0 radical (unpaired) electrons. The molecule has 1 aromatic heterocycles. The standard InChI is InChI=1S/C9H9BrFN3/c1-4(12)9-13-7-2-5(10)6(11)3-8(7)14-9/h2-4H,12H2,1H3,(H,13,14). The third kappa shape index (κ3) is 1.53. The summed E-state index contributed by atoms with van der Waals surface area (Å²) >= 11 is 3.10. The van der Waals surface area contributed by atoms with Crippen molar-refractivity contribution < 1.29 is 4.39 Å². The lowest BCUT2D eigenvalue weighted by Crippen LogP contribution is -2.06. The largest absolute Gasteiger partial charge is 0.341 e. The van der Waals surface area contributed by atoms with Gasteiger partial charge >= 0.3 is 0 Å². The van der Waals surface area contributed by atoms with E-state index in [1.807, 2.05) is 6.92 Å². The molecule has 2 aromatic rings. The first-order valence-electron chi connectivity index (χ1n) is 4.18. The molecule has 0 aliphatic carbocycles. The minimum Gasteiger partial charge on any atom is -0.341 e. The van der Waals surface area contributed by atoms with Gasteiger partial charge in [0.05, 0.1) is 21.5 Å². The Morgan fingerprint density at radius 1 is 1.57 bits per heavy atom. The molecule has 0 aliphatic rings. The highest BCUT2D eigenvalue weighted by molar-refractivity contribution is 9.10. The fourth-order valence-corrected chi connectivity index (χ4v) is 1.57. The molecule has 0 bridgehead atoms. The molecular weight excluding hydrogens is 249 g/mol. The van der Waals surface area contributed by atoms with Crippen molar-refractivity contribution in [3.05, 3.63) is 28.2 Å². The number of H-pyrrole nitrogens is 1. The highest BCUT2D eigenvalue weighted by atomic mass is 79.9. The monoisotopic (exact) mass is 257 g/mol. The summed E-state index contributed by atoms with van der Waals surface area (Å²) in [6.45, 7) is 1.82. The number of hydrogen-bond donors (Lipinski definition) is 2. The number of nitrogens with two attached hydrogens (primary N) is 1. The van der Waals surface area contributed by atoms with Gasteiger partial charge in [-0.05, 0) is 28.9 Å². The smallest absolute Gasteiger partial charge is 0.139 e. The second-order valence-corrected chi connectivity index (χ2v) is 4.05. The highest BCUT2D eigenvalue weighted by Gasteiger charge is 2.09. The van der Waals surface area contributed by atoms with Gasteiger partial charge in [0.25, 0.3) is 0 Å². The lowest BCUT2D eigenvalue weighted by atomic mass is 10.3. The maximum absolute atomic E-state index is 13.1. The van der Waals surface area contributed by atoms with Gasteiger partial charge in [-0.25, -0.2) is 9.37 Å². The Kier molecular flexibility index (Phi) is 2.28. The van der Waals surface area contributed by atoms with Crippen LogP contribution in [0.5, 0.6) is 0 Å². The molecule has 74 valence electrons. The number of hydrogen-bond acceptors (Lipinski definition) is 2. The number of aromatic amines is 1. The van der Waals surface area contributed by atoms with Crippen molar-refractivity contribution in [1.29, 1.82) is 0 Å². The summed E-state index contributed by atoms with van der Waals surface area (Å²) in [7, 11) is 0. The number of fused-ring (bicyclic) bond motifs is 1. The Morgan fingerprint density at radius 2 is 2.29 bits per heavy atom. The molecule has 1 heterocycles. The number of nitrogens with zero attached hydrogens (tertiary/aromatic N) is 1. The normalized spacial score (nSPS) is 13.4. The first-order chi connectivity index (χ1) is 6.58. The van der Waals surface area contributed by atoms with Crippen LogP contribution in [0, 0.1) is 5.82 Å². The number of halogens is 2. The van der Waals surface area contributed by atoms with Crippen LogP contribution in [0.1, 0.15) is 18.8 Å². The molecule has 0 aliphatic heterocycles. The Balaban J connectivity index is 2.66. The van der Waals surface area contributed by atoms with Crippen molar-refractivity contribution in [2.75, 3.05) is 0 Å². The van der Waals surface area contributed by atoms with Crippen molar-refractivity contribution in [3.8, 4) is 0 Å². The third-order valence-electron chi connectivity index (χ3n) is 1.97. The van der Waals surface area contributed by atoms with E-state index < -0.39 is 0 Å². The molecule has 3 N–H and O–H groups in total. The van der Waals surface area contributed by atoms with Crippen LogP contribution in [0.2, 0.25) is 0 Å². The average molecular weight is 258 g/mol. The van der Waals surface area contributed by atoms with Gasteiger partial charge in [0.2, 0.25) is 0 Å². The van der Waals surface area contributed by atoms with Gasteiger partial charge in [-0.1, -0.05) is 0 Å². The van der Waals surface area contributed by atoms with Gasteiger partial charge in [0.1, 0.15) is 11.6 Å². The van der Waals surface area contributed by atoms with Gasteiger partial charge in [-0.15, -0.1) is 0 Å². The molecule has 0 spiro atoms. The van der Waals surface area contributed by atoms with Crippen molar-refractivity contribution in [3.63, 3.8) is 0 Å². The Hall–Kier alpha value is -0.940. The van der Waals surface area contributed by atoms with Crippen LogP contribution in [0.15, 0.2) is 16.6 Å². The zero-order valence-electron chi connectivity index (χ0n) is 7.51. The first kappa shape index (κ1) is 9.61. The molecule has 5 heteroatoms. The Labute approximate surface area is 88.6 Å². The van der Waals surface area contributed by atoms with E-state index in [0.29, 0.717) is 21.3 Å². The second kappa shape index (κ2) is 3.33. The van der Waals surface area contributed by atoms with Crippen molar-refractivity contribution in [2.45, 2.75) is 13.0 Å². The lowest BCUT2D eigenvalue weighted by Gasteiger charge is -1.96. The summed E-state index contributed by atoms with van der Waals surface area (Å²) in [5, 5.41) is 0. The summed E-state index contributed by atoms with van der Waals surface area (Å²) in [5.74, 6) is 0.356. The van der Waals surface area contributed by atoms with Gasteiger partial charge in [0, 0.05) is 6.07 Å². The van der Waals surface area contributed by atoms with Crippen molar-refractivity contribution >= 4 is 27.0 Å². The molecule has 14 heavy (non-hydrogen) atoms. The minimum atomic E-state index is -0.308. The maximum Gasteiger partial charge on any atom is 0.139 e. The fraction of sp³-hybridized carbons (Fsp3) is 0.222. The van der Waals surface area contributed by atoms with Crippen molar-refractivity contribution in [1.82, 2.24) is 9.97 Å².